The Labute approximate surface area is 247 Å². The highest BCUT2D eigenvalue weighted by Gasteiger charge is 2.24. The summed E-state index contributed by atoms with van der Waals surface area (Å²) in [5, 5.41) is 18.6. The third kappa shape index (κ3) is 8.56. The van der Waals surface area contributed by atoms with Gasteiger partial charge in [-0.25, -0.2) is 19.3 Å². The van der Waals surface area contributed by atoms with Gasteiger partial charge in [0.1, 0.15) is 18.2 Å². The van der Waals surface area contributed by atoms with E-state index in [-0.39, 0.29) is 11.4 Å². The van der Waals surface area contributed by atoms with Crippen molar-refractivity contribution in [3.8, 4) is 11.8 Å². The molecule has 4 rings (SSSR count). The fourth-order valence-electron chi connectivity index (χ4n) is 4.52. The van der Waals surface area contributed by atoms with Gasteiger partial charge >= 0.3 is 6.09 Å². The number of hydrazine groups is 2. The molecule has 2 aromatic rings. The van der Waals surface area contributed by atoms with E-state index in [0.717, 1.165) is 45.5 Å². The first-order chi connectivity index (χ1) is 20.2. The molecular formula is C28H32ClFN8O4. The number of hydrogen-bond acceptors (Lipinski definition) is 9. The molecule has 0 unspecified atom stereocenters. The number of piperidine rings is 1. The Balaban J connectivity index is 1.48. The average Bonchev–Trinajstić information content (AvgIpc) is 3.41. The molecule has 0 spiro atoms. The third-order valence-corrected chi connectivity index (χ3v) is 6.96. The maximum Gasteiger partial charge on any atom is 0.411 e. The van der Waals surface area contributed by atoms with Gasteiger partial charge in [0.05, 0.1) is 24.0 Å². The van der Waals surface area contributed by atoms with Crippen LogP contribution in [-0.4, -0.2) is 62.7 Å². The highest BCUT2D eigenvalue weighted by atomic mass is 35.5. The van der Waals surface area contributed by atoms with Crippen molar-refractivity contribution in [2.75, 3.05) is 42.9 Å². The minimum Gasteiger partial charge on any atom is -0.453 e. The second-order valence-corrected chi connectivity index (χ2v) is 10.2. The largest absolute Gasteiger partial charge is 0.453 e. The van der Waals surface area contributed by atoms with Gasteiger partial charge in [-0.15, -0.1) is 10.6 Å². The Bertz CT molecular complexity index is 1410. The first kappa shape index (κ1) is 30.6. The highest BCUT2D eigenvalue weighted by molar-refractivity contribution is 6.30. The standard InChI is InChI=1S/C28H32ClFN8O4/c1-37-32-17-38(36-37)25-9-5-20(29)15-19(25)4-10-26(39)34-24(7-3-18-11-13-31-14-12-18)27(40)33-21-6-8-23(22(30)16-21)35-28(41)42-2/h5-6,8-9,15-18,24,31,36H,3,7,11-14H2,1-2H3,(H,33,40)(H,34,39)(H,35,41)/t24-/m0/s1. The number of hydrazone groups is 1. The number of anilines is 3. The van der Waals surface area contributed by atoms with Crippen LogP contribution in [0.2, 0.25) is 5.02 Å². The van der Waals surface area contributed by atoms with Gasteiger partial charge < -0.3 is 20.7 Å². The lowest BCUT2D eigenvalue weighted by Gasteiger charge is -2.25. The Morgan fingerprint density at radius 3 is 2.67 bits per heavy atom. The van der Waals surface area contributed by atoms with Crippen molar-refractivity contribution in [1.82, 2.24) is 21.3 Å². The monoisotopic (exact) mass is 598 g/mol. The summed E-state index contributed by atoms with van der Waals surface area (Å²) < 4.78 is 19.0. The summed E-state index contributed by atoms with van der Waals surface area (Å²) in [5.41, 5.74) is 4.13. The molecule has 14 heteroatoms. The van der Waals surface area contributed by atoms with E-state index in [0.29, 0.717) is 28.6 Å². The minimum atomic E-state index is -0.919. The van der Waals surface area contributed by atoms with Crippen molar-refractivity contribution < 1.29 is 23.5 Å². The van der Waals surface area contributed by atoms with Crippen molar-refractivity contribution in [3.05, 3.63) is 52.8 Å². The molecule has 0 aromatic heterocycles. The van der Waals surface area contributed by atoms with E-state index >= 15 is 0 Å². The maximum atomic E-state index is 14.5. The summed E-state index contributed by atoms with van der Waals surface area (Å²) in [6.07, 6.45) is 3.77. The van der Waals surface area contributed by atoms with Crippen LogP contribution in [0.5, 0.6) is 0 Å². The average molecular weight is 599 g/mol. The number of nitrogens with one attached hydrogen (secondary N) is 5. The van der Waals surface area contributed by atoms with Gasteiger partial charge in [0.15, 0.2) is 0 Å². The van der Waals surface area contributed by atoms with E-state index in [1.54, 1.807) is 36.6 Å². The number of hydrogen-bond donors (Lipinski definition) is 5. The Kier molecular flexibility index (Phi) is 10.6. The molecule has 3 amide bonds. The summed E-state index contributed by atoms with van der Waals surface area (Å²) in [5.74, 6) is 3.86. The summed E-state index contributed by atoms with van der Waals surface area (Å²) in [7, 11) is 2.89. The number of carbonyl (C=O) groups is 3. The van der Waals surface area contributed by atoms with E-state index in [2.05, 4.69) is 48.5 Å². The maximum absolute atomic E-state index is 14.5. The van der Waals surface area contributed by atoms with Crippen molar-refractivity contribution in [3.63, 3.8) is 0 Å². The van der Waals surface area contributed by atoms with Gasteiger partial charge in [0.25, 0.3) is 5.91 Å². The van der Waals surface area contributed by atoms with Gasteiger partial charge in [-0.2, -0.15) is 0 Å². The van der Waals surface area contributed by atoms with Gasteiger partial charge in [-0.3, -0.25) is 14.9 Å². The van der Waals surface area contributed by atoms with Crippen molar-refractivity contribution in [2.45, 2.75) is 31.7 Å². The number of halogens is 2. The molecule has 42 heavy (non-hydrogen) atoms. The molecule has 2 aromatic carbocycles. The van der Waals surface area contributed by atoms with Crippen LogP contribution >= 0.6 is 11.6 Å². The van der Waals surface area contributed by atoms with Crippen LogP contribution in [0, 0.1) is 23.6 Å². The number of nitrogens with zero attached hydrogens (tertiary/aromatic N) is 3. The van der Waals surface area contributed by atoms with Crippen molar-refractivity contribution in [2.24, 2.45) is 11.0 Å². The van der Waals surface area contributed by atoms with Crippen LogP contribution < -0.4 is 31.8 Å². The van der Waals surface area contributed by atoms with Gasteiger partial charge in [-0.1, -0.05) is 17.5 Å². The molecule has 1 saturated heterocycles. The number of carbonyl (C=O) groups excluding carboxylic acids is 3. The molecule has 0 radical (unpaired) electrons. The zero-order valence-corrected chi connectivity index (χ0v) is 23.9. The number of rotatable bonds is 8. The molecule has 0 saturated carbocycles. The number of methoxy groups -OCH3 is 1. The SMILES string of the molecule is COC(=O)Nc1ccc(NC(=O)[C@H](CCC2CCNCC2)NC(=O)C#Cc2cc(Cl)ccc2N2C=NN(C)N2)cc1F. The molecule has 222 valence electrons. The van der Waals surface area contributed by atoms with E-state index in [1.165, 1.54) is 17.3 Å². The third-order valence-electron chi connectivity index (χ3n) is 6.72. The van der Waals surface area contributed by atoms with Crippen molar-refractivity contribution >= 4 is 52.9 Å². The topological polar surface area (TPSA) is 139 Å². The molecule has 1 atom stereocenters. The van der Waals surface area contributed by atoms with E-state index in [9.17, 15) is 18.8 Å². The lowest BCUT2D eigenvalue weighted by molar-refractivity contribution is -0.123. The van der Waals surface area contributed by atoms with Crippen LogP contribution in [0.15, 0.2) is 41.5 Å². The van der Waals surface area contributed by atoms with Crippen LogP contribution in [-0.2, 0) is 14.3 Å². The summed E-state index contributed by atoms with van der Waals surface area (Å²) in [6, 6.07) is 7.95. The van der Waals surface area contributed by atoms with Crippen LogP contribution in [0.4, 0.5) is 26.2 Å². The Morgan fingerprint density at radius 1 is 1.19 bits per heavy atom. The van der Waals surface area contributed by atoms with Gasteiger partial charge in [0.2, 0.25) is 5.91 Å². The zero-order chi connectivity index (χ0) is 30.1. The summed E-state index contributed by atoms with van der Waals surface area (Å²) >= 11 is 6.18. The lowest BCUT2D eigenvalue weighted by atomic mass is 9.91. The van der Waals surface area contributed by atoms with E-state index in [1.807, 2.05) is 0 Å². The minimum absolute atomic E-state index is 0.103. The smallest absolute Gasteiger partial charge is 0.411 e. The fraction of sp³-hybridized carbons (Fsp3) is 0.357. The second-order valence-electron chi connectivity index (χ2n) is 9.73. The Hall–Kier alpha value is -4.38. The van der Waals surface area contributed by atoms with Crippen LogP contribution in [0.25, 0.3) is 0 Å². The van der Waals surface area contributed by atoms with E-state index < -0.39 is 29.8 Å². The summed E-state index contributed by atoms with van der Waals surface area (Å²) in [4.78, 5) is 37.6. The summed E-state index contributed by atoms with van der Waals surface area (Å²) in [6.45, 7) is 1.80. The first-order valence-electron chi connectivity index (χ1n) is 13.3. The van der Waals surface area contributed by atoms with Crippen molar-refractivity contribution in [1.29, 1.82) is 0 Å². The zero-order valence-electron chi connectivity index (χ0n) is 23.2. The normalized spacial score (nSPS) is 15.4. The highest BCUT2D eigenvalue weighted by Crippen LogP contribution is 2.24. The molecular weight excluding hydrogens is 567 g/mol. The fourth-order valence-corrected chi connectivity index (χ4v) is 4.69. The number of amides is 3. The molecule has 2 aliphatic heterocycles. The molecule has 5 N–H and O–H groups in total. The predicted molar refractivity (Wildman–Crippen MR) is 158 cm³/mol. The molecule has 2 aliphatic rings. The number of benzene rings is 2. The van der Waals surface area contributed by atoms with Crippen LogP contribution in [0.1, 0.15) is 31.2 Å². The lowest BCUT2D eigenvalue weighted by Crippen LogP contribution is -2.44. The quantitative estimate of drug-likeness (QED) is 0.292. The molecule has 2 heterocycles. The molecule has 1 fully saturated rings. The van der Waals surface area contributed by atoms with Gasteiger partial charge in [0, 0.05) is 23.7 Å². The van der Waals surface area contributed by atoms with E-state index in [4.69, 9.17) is 11.6 Å². The first-order valence-corrected chi connectivity index (χ1v) is 13.7. The van der Waals surface area contributed by atoms with Gasteiger partial charge in [-0.05, 0) is 81.1 Å². The second kappa shape index (κ2) is 14.5. The molecule has 0 bridgehead atoms. The molecule has 12 nitrogen and oxygen atoms in total. The predicted octanol–water partition coefficient (Wildman–Crippen LogP) is 3.03. The Morgan fingerprint density at radius 2 is 1.98 bits per heavy atom. The number of ether oxygens (including phenoxy) is 1. The molecule has 0 aliphatic carbocycles. The van der Waals surface area contributed by atoms with Crippen LogP contribution in [0.3, 0.4) is 0 Å².